The van der Waals surface area contributed by atoms with Crippen molar-refractivity contribution in [2.24, 2.45) is 42.3 Å². The van der Waals surface area contributed by atoms with E-state index in [9.17, 15) is 48.3 Å². The highest BCUT2D eigenvalue weighted by atomic mass is 35.5. The zero-order chi connectivity index (χ0) is 64.7. The molecule has 0 bridgehead atoms. The number of aromatic hydroxyl groups is 1. The molecule has 10 N–H and O–H groups in total. The third kappa shape index (κ3) is 12.7. The lowest BCUT2D eigenvalue weighted by atomic mass is 9.95. The number of amides is 9. The number of phenols is 1. The minimum absolute atomic E-state index is 0.000295. The van der Waals surface area contributed by atoms with Crippen LogP contribution in [0.2, 0.25) is 0 Å². The Morgan fingerprint density at radius 1 is 0.549 bits per heavy atom. The van der Waals surface area contributed by atoms with E-state index < -0.39 is 41.4 Å². The monoisotopic (exact) mass is 1260 g/mol. The van der Waals surface area contributed by atoms with Crippen molar-refractivity contribution in [2.45, 2.75) is 25.7 Å². The normalized spacial score (nSPS) is 12.6. The Morgan fingerprint density at radius 2 is 1.04 bits per heavy atom. The van der Waals surface area contributed by atoms with Crippen molar-refractivity contribution in [3.8, 4) is 5.75 Å². The maximum absolute atomic E-state index is 14.0. The number of anilines is 8. The molecule has 0 saturated carbocycles. The first-order valence-electron chi connectivity index (χ1n) is 28.0. The summed E-state index contributed by atoms with van der Waals surface area (Å²) >= 11 is 6.41. The molecule has 31 nitrogen and oxygen atoms in total. The number of carbonyl (C=O) groups is 9. The molecule has 0 fully saturated rings. The molecule has 0 aliphatic carbocycles. The number of phenolic OH excluding ortho intramolecular Hbond substituents is 1. The largest absolute Gasteiger partial charge is 0.507 e. The molecule has 11 rings (SSSR count). The molecular formula is C59H58ClN21O10. The second kappa shape index (κ2) is 24.7. The van der Waals surface area contributed by atoms with E-state index in [-0.39, 0.29) is 113 Å². The van der Waals surface area contributed by atoms with Gasteiger partial charge in [-0.15, -0.1) is 11.6 Å². The summed E-state index contributed by atoms with van der Waals surface area (Å²) in [5.74, 6) is -4.67. The van der Waals surface area contributed by atoms with Crippen LogP contribution in [-0.2, 0) is 51.9 Å². The molecule has 1 aliphatic rings. The lowest BCUT2D eigenvalue weighted by molar-refractivity contribution is -0.116. The van der Waals surface area contributed by atoms with E-state index in [0.717, 1.165) is 10.9 Å². The molecule has 1 unspecified atom stereocenters. The number of fused-ring (bicyclic) bond motifs is 4. The van der Waals surface area contributed by atoms with Crippen molar-refractivity contribution in [3.05, 3.63) is 144 Å². The first kappa shape index (κ1) is 60.8. The average Bonchev–Trinajstić information content (AvgIpc) is 1.63. The Bertz CT molecular complexity index is 4650. The van der Waals surface area contributed by atoms with Gasteiger partial charge in [0, 0.05) is 146 Å². The van der Waals surface area contributed by atoms with Crippen molar-refractivity contribution in [1.29, 1.82) is 0 Å². The molecule has 466 valence electrons. The van der Waals surface area contributed by atoms with Gasteiger partial charge in [-0.25, -0.2) is 24.9 Å². The van der Waals surface area contributed by atoms with E-state index in [1.807, 2.05) is 24.3 Å². The second-order valence-electron chi connectivity index (χ2n) is 21.5. The molecule has 1 atom stereocenters. The van der Waals surface area contributed by atoms with Gasteiger partial charge in [-0.3, -0.25) is 43.2 Å². The van der Waals surface area contributed by atoms with Crippen LogP contribution in [0.1, 0.15) is 105 Å². The lowest BCUT2D eigenvalue weighted by Crippen LogP contribution is -2.30. The molecule has 32 heteroatoms. The van der Waals surface area contributed by atoms with Crippen molar-refractivity contribution in [2.75, 3.05) is 61.1 Å². The van der Waals surface area contributed by atoms with E-state index in [2.05, 4.69) is 72.4 Å². The number of imidazole rings is 5. The molecule has 3 aromatic carbocycles. The zero-order valence-corrected chi connectivity index (χ0v) is 50.5. The van der Waals surface area contributed by atoms with E-state index in [1.165, 1.54) is 80.9 Å². The van der Waals surface area contributed by atoms with Gasteiger partial charge in [0.05, 0.1) is 11.4 Å². The van der Waals surface area contributed by atoms with Gasteiger partial charge < -0.3 is 84.9 Å². The molecule has 10 aromatic rings. The number of alkyl halides is 1. The second-order valence-corrected chi connectivity index (χ2v) is 21.8. The number of hydrogen-bond acceptors (Lipinski definition) is 15. The highest BCUT2D eigenvalue weighted by Gasteiger charge is 2.36. The Morgan fingerprint density at radius 3 is 1.58 bits per heavy atom. The van der Waals surface area contributed by atoms with Gasteiger partial charge >= 0.3 is 0 Å². The summed E-state index contributed by atoms with van der Waals surface area (Å²) in [4.78, 5) is 144. The summed E-state index contributed by atoms with van der Waals surface area (Å²) in [6.45, 7) is 1.71. The van der Waals surface area contributed by atoms with Crippen LogP contribution in [0.4, 0.5) is 46.2 Å². The first-order valence-corrected chi connectivity index (χ1v) is 28.5. The third-order valence-corrected chi connectivity index (χ3v) is 15.1. The minimum Gasteiger partial charge on any atom is -0.507 e. The van der Waals surface area contributed by atoms with E-state index in [1.54, 1.807) is 74.2 Å². The number of aryl methyl sites for hydroxylation is 6. The fourth-order valence-corrected chi connectivity index (χ4v) is 10.8. The molecule has 8 heterocycles. The molecule has 1 aliphatic heterocycles. The van der Waals surface area contributed by atoms with Crippen LogP contribution in [0.5, 0.6) is 5.75 Å². The van der Waals surface area contributed by atoms with Gasteiger partial charge in [0.1, 0.15) is 17.1 Å². The molecule has 0 spiro atoms. The molecular weight excluding hydrogens is 1200 g/mol. The molecule has 9 amide bonds. The number of rotatable bonds is 19. The SMILES string of the molecule is CC(=O)Nc1cn(C)c(C(=O)Nc2cn(C)c(C(=O)Nc3cn(C)c(C(=O)Nc4cn(C)c(C(=O)NCCCC(=O)Nc5cn(C)c(C(=O)Nc6cc(C(=O)Nc7ccc8[nH]c(C(=O)N9CC(CCl)c%10c9cc(O)c9ccccc%109)cc8c7)n(C)c6)n5)n4)n3)n2)n1. The first-order chi connectivity index (χ1) is 43.5. The maximum atomic E-state index is 14.0. The van der Waals surface area contributed by atoms with Crippen LogP contribution in [-0.4, -0.2) is 135 Å². The van der Waals surface area contributed by atoms with Gasteiger partial charge in [0.25, 0.3) is 41.4 Å². The number of carbonyl (C=O) groups excluding carboxylic acids is 9. The number of nitrogens with one attached hydrogen (secondary N) is 9. The Labute approximate surface area is 520 Å². The lowest BCUT2D eigenvalue weighted by Gasteiger charge is -2.17. The van der Waals surface area contributed by atoms with Crippen LogP contribution in [0.25, 0.3) is 21.7 Å². The highest BCUT2D eigenvalue weighted by molar-refractivity contribution is 6.19. The summed E-state index contributed by atoms with van der Waals surface area (Å²) in [6, 6.07) is 17.4. The number of H-pyrrole nitrogens is 1. The number of nitrogens with zero attached hydrogens (tertiary/aromatic N) is 12. The summed E-state index contributed by atoms with van der Waals surface area (Å²) in [6.07, 6.45) is 8.86. The van der Waals surface area contributed by atoms with Crippen LogP contribution >= 0.6 is 11.6 Å². The Balaban J connectivity index is 0.621. The number of benzene rings is 3. The highest BCUT2D eigenvalue weighted by Crippen LogP contribution is 2.46. The fourth-order valence-electron chi connectivity index (χ4n) is 10.6. The molecule has 0 radical (unpaired) electrons. The van der Waals surface area contributed by atoms with E-state index in [4.69, 9.17) is 11.6 Å². The molecule has 0 saturated heterocycles. The van der Waals surface area contributed by atoms with Gasteiger partial charge in [-0.05, 0) is 47.7 Å². The van der Waals surface area contributed by atoms with Crippen molar-refractivity contribution in [1.82, 2.24) is 62.6 Å². The summed E-state index contributed by atoms with van der Waals surface area (Å²) in [5, 5.41) is 34.3. The zero-order valence-electron chi connectivity index (χ0n) is 49.7. The van der Waals surface area contributed by atoms with Crippen molar-refractivity contribution < 1.29 is 48.3 Å². The smallest absolute Gasteiger partial charge is 0.292 e. The summed E-state index contributed by atoms with van der Waals surface area (Å²) in [7, 11) is 9.40. The Hall–Kier alpha value is -11.9. The maximum Gasteiger partial charge on any atom is 0.292 e. The van der Waals surface area contributed by atoms with Crippen LogP contribution in [0, 0.1) is 0 Å². The van der Waals surface area contributed by atoms with Crippen LogP contribution in [0.15, 0.2) is 97.8 Å². The molecule has 91 heavy (non-hydrogen) atoms. The third-order valence-electron chi connectivity index (χ3n) is 14.7. The van der Waals surface area contributed by atoms with Crippen molar-refractivity contribution >= 4 is 133 Å². The van der Waals surface area contributed by atoms with Gasteiger partial charge in [0.15, 0.2) is 29.1 Å². The van der Waals surface area contributed by atoms with E-state index >= 15 is 0 Å². The van der Waals surface area contributed by atoms with Crippen LogP contribution < -0.4 is 47.4 Å². The minimum atomic E-state index is -0.715. The topological polar surface area (TPSA) is 383 Å². The summed E-state index contributed by atoms with van der Waals surface area (Å²) in [5.41, 5.74) is 3.44. The number of hydrogen-bond donors (Lipinski definition) is 10. The average molecular weight is 1260 g/mol. The number of aromatic nitrogens is 12. The number of aromatic amines is 1. The van der Waals surface area contributed by atoms with Crippen LogP contribution in [0.3, 0.4) is 0 Å². The quantitative estimate of drug-likeness (QED) is 0.0359. The van der Waals surface area contributed by atoms with Gasteiger partial charge in [-0.2, -0.15) is 0 Å². The van der Waals surface area contributed by atoms with Gasteiger partial charge in [-0.1, -0.05) is 24.3 Å². The number of halogens is 1. The standard InChI is InChI=1S/C59H58ClN21O10/c1-29(82)62-41-24-77(4)50(67-41)56(88)73-44-27-80(7)52(70-44)58(90)74-45-28-79(6)51(71-45)57(89)72-43-26-76(3)48(69-43)54(86)61-16-10-13-46(84)66-42-25-78(5)49(68-42)55(87)64-33-19-39(75(2)23-33)53(85)63-32-14-15-36-30(17-32)18-37(65-36)59(91)81-22-31(21-60)47-35-12-9-8-11-34(35)40(83)20-38(47)81/h8-9,11-12,14-15,17-20,23-28,31,65,83H,10,13,16,21-22H2,1-7H3,(H,61,86)(H,62,82)(H,63,85)(H,64,87)(H,66,84)(H,72,89)(H,73,88)(H,74,90). The van der Waals surface area contributed by atoms with E-state index in [0.29, 0.717) is 45.6 Å². The van der Waals surface area contributed by atoms with Gasteiger partial charge in [0.2, 0.25) is 40.9 Å². The molecule has 7 aromatic heterocycles. The predicted octanol–water partition coefficient (Wildman–Crippen LogP) is 5.38. The Kier molecular flexibility index (Phi) is 16.5. The van der Waals surface area contributed by atoms with Crippen molar-refractivity contribution in [3.63, 3.8) is 0 Å². The fraction of sp³-hybridized carbons (Fsp3) is 0.220. The predicted molar refractivity (Wildman–Crippen MR) is 335 cm³/mol. The summed E-state index contributed by atoms with van der Waals surface area (Å²) < 4.78 is 8.50.